The number of halogens is 1. The van der Waals surface area contributed by atoms with Crippen LogP contribution in [0.1, 0.15) is 19.4 Å². The molecule has 2 aromatic carbocycles. The maximum absolute atomic E-state index is 13.6. The number of rotatable bonds is 6. The van der Waals surface area contributed by atoms with Crippen LogP contribution in [0.4, 0.5) is 15.8 Å². The number of nitrogens with one attached hydrogen (secondary N) is 2. The van der Waals surface area contributed by atoms with E-state index in [4.69, 9.17) is 4.99 Å². The lowest BCUT2D eigenvalue weighted by Gasteiger charge is -2.16. The fourth-order valence-electron chi connectivity index (χ4n) is 4.39. The van der Waals surface area contributed by atoms with E-state index in [-0.39, 0.29) is 16.9 Å². The molecule has 182 valence electrons. The Morgan fingerprint density at radius 2 is 1.80 bits per heavy atom. The Kier molecular flexibility index (Phi) is 5.70. The summed E-state index contributed by atoms with van der Waals surface area (Å²) in [6, 6.07) is 14.4. The van der Waals surface area contributed by atoms with Gasteiger partial charge < -0.3 is 15.5 Å². The van der Waals surface area contributed by atoms with E-state index in [1.165, 1.54) is 17.8 Å². The molecule has 0 saturated carbocycles. The van der Waals surface area contributed by atoms with Gasteiger partial charge in [-0.2, -0.15) is 0 Å². The van der Waals surface area contributed by atoms with Gasteiger partial charge in [-0.3, -0.25) is 18.9 Å². The first kappa shape index (κ1) is 22.9. The highest BCUT2D eigenvalue weighted by atomic mass is 19.1. The van der Waals surface area contributed by atoms with E-state index in [9.17, 15) is 9.18 Å². The van der Waals surface area contributed by atoms with Crippen molar-refractivity contribution in [2.45, 2.75) is 32.5 Å². The van der Waals surface area contributed by atoms with Gasteiger partial charge in [-0.1, -0.05) is 12.1 Å². The SMILES string of the molecule is CN=c1/c(=C(\NCc2ccc(N3CC3)cc2)Nc2ccc(F)cc2)c(=O)n(C)c2n1CC(C)(C)N=2. The first-order valence-electron chi connectivity index (χ1n) is 11.7. The zero-order valence-electron chi connectivity index (χ0n) is 20.5. The molecule has 0 spiro atoms. The summed E-state index contributed by atoms with van der Waals surface area (Å²) >= 11 is 0. The number of anilines is 2. The van der Waals surface area contributed by atoms with Crippen molar-refractivity contribution in [2.75, 3.05) is 30.4 Å². The molecule has 0 aliphatic carbocycles. The summed E-state index contributed by atoms with van der Waals surface area (Å²) in [7, 11) is 3.40. The molecule has 2 N–H and O–H groups in total. The van der Waals surface area contributed by atoms with Crippen LogP contribution in [0.5, 0.6) is 0 Å². The van der Waals surface area contributed by atoms with Gasteiger partial charge in [-0.05, 0) is 55.8 Å². The van der Waals surface area contributed by atoms with Crippen LogP contribution in [0.25, 0.3) is 5.82 Å². The third-order valence-electron chi connectivity index (χ3n) is 6.28. The number of aromatic nitrogens is 2. The third kappa shape index (κ3) is 4.58. The molecule has 1 aromatic heterocycles. The van der Waals surface area contributed by atoms with Gasteiger partial charge in [-0.15, -0.1) is 0 Å². The van der Waals surface area contributed by atoms with Crippen molar-refractivity contribution in [3.8, 4) is 0 Å². The standard InChI is InChI=1S/C26H30FN7O/c1-26(2)16-34-23(28-3)21(24(35)32(4)25(34)31-26)22(30-19-9-7-18(27)8-10-19)29-15-17-5-11-20(12-6-17)33-13-14-33/h5-12,29-30H,13-16H2,1-4H3/b22-21-,28-23?. The topological polar surface area (TPSA) is 78.7 Å². The zero-order valence-corrected chi connectivity index (χ0v) is 20.5. The molecule has 0 atom stereocenters. The average molecular weight is 476 g/mol. The predicted molar refractivity (Wildman–Crippen MR) is 135 cm³/mol. The van der Waals surface area contributed by atoms with E-state index < -0.39 is 0 Å². The van der Waals surface area contributed by atoms with Gasteiger partial charge in [-0.25, -0.2) is 9.38 Å². The van der Waals surface area contributed by atoms with Crippen LogP contribution in [0.2, 0.25) is 0 Å². The molecule has 2 aliphatic heterocycles. The van der Waals surface area contributed by atoms with Crippen molar-refractivity contribution in [2.24, 2.45) is 17.0 Å². The third-order valence-corrected chi connectivity index (χ3v) is 6.28. The van der Waals surface area contributed by atoms with Gasteiger partial charge in [0.05, 0.1) is 12.1 Å². The summed E-state index contributed by atoms with van der Waals surface area (Å²) < 4.78 is 17.1. The van der Waals surface area contributed by atoms with Crippen molar-refractivity contribution in [1.29, 1.82) is 0 Å². The monoisotopic (exact) mass is 475 g/mol. The fraction of sp³-hybridized carbons (Fsp3) is 0.346. The largest absolute Gasteiger partial charge is 0.368 e. The number of hydrogen-bond acceptors (Lipinski definition) is 6. The second-order valence-corrected chi connectivity index (χ2v) is 9.61. The molecule has 1 fully saturated rings. The first-order valence-corrected chi connectivity index (χ1v) is 11.7. The summed E-state index contributed by atoms with van der Waals surface area (Å²) in [5.41, 5.74) is 3.53. The van der Waals surface area contributed by atoms with Gasteiger partial charge in [0.1, 0.15) is 22.3 Å². The van der Waals surface area contributed by atoms with Crippen LogP contribution in [0.3, 0.4) is 0 Å². The summed E-state index contributed by atoms with van der Waals surface area (Å²) in [5, 5.41) is 7.13. The van der Waals surface area contributed by atoms with E-state index >= 15 is 0 Å². The van der Waals surface area contributed by atoms with Crippen molar-refractivity contribution in [3.63, 3.8) is 0 Å². The fourth-order valence-corrected chi connectivity index (χ4v) is 4.39. The molecule has 3 heterocycles. The molecule has 3 aromatic rings. The maximum atomic E-state index is 13.6. The molecule has 35 heavy (non-hydrogen) atoms. The van der Waals surface area contributed by atoms with Crippen LogP contribution in [-0.4, -0.2) is 34.8 Å². The van der Waals surface area contributed by atoms with E-state index in [0.29, 0.717) is 40.9 Å². The molecule has 0 amide bonds. The number of benzene rings is 2. The van der Waals surface area contributed by atoms with Gasteiger partial charge >= 0.3 is 0 Å². The average Bonchev–Trinajstić information content (AvgIpc) is 3.63. The highest BCUT2D eigenvalue weighted by Crippen LogP contribution is 2.21. The Morgan fingerprint density at radius 1 is 1.11 bits per heavy atom. The van der Waals surface area contributed by atoms with Crippen molar-refractivity contribution in [1.82, 2.24) is 14.5 Å². The number of nitrogens with zero attached hydrogens (tertiary/aromatic N) is 5. The lowest BCUT2D eigenvalue weighted by Crippen LogP contribution is -2.59. The molecular formula is C26H30FN7O. The van der Waals surface area contributed by atoms with Crippen LogP contribution < -0.4 is 37.4 Å². The molecule has 2 aliphatic rings. The van der Waals surface area contributed by atoms with Gasteiger partial charge in [0.15, 0.2) is 0 Å². The van der Waals surface area contributed by atoms with Crippen LogP contribution in [0.15, 0.2) is 63.3 Å². The van der Waals surface area contributed by atoms with Gasteiger partial charge in [0.25, 0.3) is 5.56 Å². The second kappa shape index (κ2) is 8.72. The Bertz CT molecular complexity index is 1510. The molecule has 0 radical (unpaired) electrons. The Balaban J connectivity index is 1.63. The second-order valence-electron chi connectivity index (χ2n) is 9.61. The number of fused-ring (bicyclic) bond motifs is 1. The maximum Gasteiger partial charge on any atom is 0.267 e. The highest BCUT2D eigenvalue weighted by Gasteiger charge is 2.26. The molecule has 8 nitrogen and oxygen atoms in total. The van der Waals surface area contributed by atoms with Crippen molar-refractivity contribution >= 4 is 17.2 Å². The van der Waals surface area contributed by atoms with E-state index in [1.807, 2.05) is 18.4 Å². The predicted octanol–water partition coefficient (Wildman–Crippen LogP) is 1.06. The molecule has 9 heteroatoms. The summed E-state index contributed by atoms with van der Waals surface area (Å²) in [5.74, 6) is 0.182. The molecule has 5 rings (SSSR count). The van der Waals surface area contributed by atoms with Crippen LogP contribution >= 0.6 is 0 Å². The highest BCUT2D eigenvalue weighted by molar-refractivity contribution is 5.63. The smallest absolute Gasteiger partial charge is 0.267 e. The lowest BCUT2D eigenvalue weighted by molar-refractivity contribution is 0.467. The number of hydrogen-bond donors (Lipinski definition) is 2. The first-order chi connectivity index (χ1) is 16.8. The summed E-state index contributed by atoms with van der Waals surface area (Å²) in [6.45, 7) is 7.37. The Hall–Kier alpha value is -3.88. The molecular weight excluding hydrogens is 445 g/mol. The van der Waals surface area contributed by atoms with Gasteiger partial charge in [0.2, 0.25) is 5.62 Å². The van der Waals surface area contributed by atoms with Crippen LogP contribution in [0, 0.1) is 5.82 Å². The lowest BCUT2D eigenvalue weighted by atomic mass is 10.1. The minimum atomic E-state index is -0.341. The molecule has 0 bridgehead atoms. The van der Waals surface area contributed by atoms with Crippen LogP contribution in [-0.2, 0) is 20.1 Å². The normalized spacial score (nSPS) is 17.1. The summed E-state index contributed by atoms with van der Waals surface area (Å²) in [4.78, 5) is 25.1. The van der Waals surface area contributed by atoms with Crippen molar-refractivity contribution < 1.29 is 4.39 Å². The van der Waals surface area contributed by atoms with Gasteiger partial charge in [0, 0.05) is 45.1 Å². The molecule has 1 saturated heterocycles. The minimum Gasteiger partial charge on any atom is -0.368 e. The van der Waals surface area contributed by atoms with Crippen molar-refractivity contribution in [3.05, 3.63) is 86.6 Å². The van der Waals surface area contributed by atoms with E-state index in [1.54, 1.807) is 30.8 Å². The molecule has 0 unspecified atom stereocenters. The van der Waals surface area contributed by atoms with E-state index in [2.05, 4.69) is 44.8 Å². The van der Waals surface area contributed by atoms with E-state index in [0.717, 1.165) is 18.7 Å². The Labute approximate surface area is 202 Å². The minimum absolute atomic E-state index is 0.215. The zero-order chi connectivity index (χ0) is 24.7. The summed E-state index contributed by atoms with van der Waals surface area (Å²) in [6.07, 6.45) is 0. The Morgan fingerprint density at radius 3 is 2.43 bits per heavy atom. The quantitative estimate of drug-likeness (QED) is 0.523.